The van der Waals surface area contributed by atoms with Crippen LogP contribution < -0.4 is 14.2 Å². The van der Waals surface area contributed by atoms with Crippen LogP contribution in [-0.2, 0) is 0 Å². The number of hydrogen-bond donors (Lipinski definition) is 0. The Bertz CT molecular complexity index is 1290. The maximum absolute atomic E-state index is 11.3. The van der Waals surface area contributed by atoms with Gasteiger partial charge in [-0.1, -0.05) is 28.1 Å². The largest absolute Gasteiger partial charge is 0.464 e. The molecule has 3 heterocycles. The Hall–Kier alpha value is -3.59. The molecule has 0 bridgehead atoms. The summed E-state index contributed by atoms with van der Waals surface area (Å²) >= 11 is 3.55. The highest BCUT2D eigenvalue weighted by atomic mass is 79.9. The van der Waals surface area contributed by atoms with Crippen LogP contribution in [-0.4, -0.2) is 22.4 Å². The van der Waals surface area contributed by atoms with Crippen molar-refractivity contribution in [3.63, 3.8) is 0 Å². The van der Waals surface area contributed by atoms with Crippen LogP contribution >= 0.6 is 15.9 Å². The Balaban J connectivity index is 1.44. The zero-order chi connectivity index (χ0) is 21.8. The average Bonchev–Trinajstić information content (AvgIpc) is 3.45. The van der Waals surface area contributed by atoms with Crippen LogP contribution in [0.5, 0.6) is 17.2 Å². The molecule has 0 N–H and O–H groups in total. The molecule has 2 atom stereocenters. The van der Waals surface area contributed by atoms with Crippen molar-refractivity contribution >= 4 is 27.3 Å². The quantitative estimate of drug-likeness (QED) is 0.362. The number of nitrogens with zero attached hydrogens (tertiary/aromatic N) is 3. The van der Waals surface area contributed by atoms with Crippen LogP contribution in [0.25, 0.3) is 0 Å². The summed E-state index contributed by atoms with van der Waals surface area (Å²) < 4.78 is 18.2. The molecule has 0 radical (unpaired) electrons. The van der Waals surface area contributed by atoms with E-state index in [1.165, 1.54) is 6.07 Å². The van der Waals surface area contributed by atoms with E-state index in [1.807, 2.05) is 47.5 Å². The molecule has 0 aliphatic carbocycles. The van der Waals surface area contributed by atoms with E-state index in [9.17, 15) is 10.1 Å². The molecular weight excluding hydrogens is 478 g/mol. The second kappa shape index (κ2) is 7.23. The standard InChI is InChI=1S/C23H16BrN3O5/c24-15-5-7-20-17(10-15)19-11-18(13-4-6-21-22(9-13)31-12-30-21)25-26(19)23(32-20)14-2-1-3-16(8-14)27(28)29/h1-10,19,23H,11-12H2/t19-,23+/m0/s1. The first-order valence-electron chi connectivity index (χ1n) is 10.0. The SMILES string of the molecule is O=[N+]([O-])c1cccc([C@H]2Oc3ccc(Br)cc3[C@@H]3CC(c4ccc5c(c4)OCO5)=NN23)c1. The zero-order valence-electron chi connectivity index (χ0n) is 16.6. The fourth-order valence-electron chi connectivity index (χ4n) is 4.32. The molecule has 0 saturated carbocycles. The van der Waals surface area contributed by atoms with Gasteiger partial charge in [-0.15, -0.1) is 0 Å². The van der Waals surface area contributed by atoms with Crippen molar-refractivity contribution in [2.75, 3.05) is 6.79 Å². The molecule has 3 aromatic carbocycles. The van der Waals surface area contributed by atoms with Crippen LogP contribution in [0.1, 0.15) is 35.4 Å². The van der Waals surface area contributed by atoms with Crippen molar-refractivity contribution in [2.45, 2.75) is 18.7 Å². The van der Waals surface area contributed by atoms with Crippen molar-refractivity contribution in [3.8, 4) is 17.2 Å². The third kappa shape index (κ3) is 3.08. The summed E-state index contributed by atoms with van der Waals surface area (Å²) in [6, 6.07) is 18.1. The summed E-state index contributed by atoms with van der Waals surface area (Å²) in [5.74, 6) is 2.16. The van der Waals surface area contributed by atoms with Crippen molar-refractivity contribution < 1.29 is 19.1 Å². The van der Waals surface area contributed by atoms with E-state index in [0.29, 0.717) is 17.7 Å². The van der Waals surface area contributed by atoms with E-state index in [2.05, 4.69) is 15.9 Å². The van der Waals surface area contributed by atoms with Gasteiger partial charge in [0, 0.05) is 39.7 Å². The molecule has 8 nitrogen and oxygen atoms in total. The second-order valence-corrected chi connectivity index (χ2v) is 8.63. The van der Waals surface area contributed by atoms with E-state index in [4.69, 9.17) is 19.3 Å². The Morgan fingerprint density at radius 1 is 1.03 bits per heavy atom. The van der Waals surface area contributed by atoms with Crippen LogP contribution in [0.3, 0.4) is 0 Å². The normalized spacial score (nSPS) is 20.3. The lowest BCUT2D eigenvalue weighted by molar-refractivity contribution is -0.385. The highest BCUT2D eigenvalue weighted by Gasteiger charge is 2.41. The second-order valence-electron chi connectivity index (χ2n) is 7.72. The van der Waals surface area contributed by atoms with Gasteiger partial charge in [0.15, 0.2) is 11.5 Å². The molecule has 0 aromatic heterocycles. The zero-order valence-corrected chi connectivity index (χ0v) is 18.2. The Morgan fingerprint density at radius 2 is 1.88 bits per heavy atom. The monoisotopic (exact) mass is 493 g/mol. The van der Waals surface area contributed by atoms with Gasteiger partial charge in [-0.3, -0.25) is 10.1 Å². The predicted molar refractivity (Wildman–Crippen MR) is 119 cm³/mol. The lowest BCUT2D eigenvalue weighted by atomic mass is 9.95. The number of hydrazone groups is 1. The van der Waals surface area contributed by atoms with Gasteiger partial charge in [0.2, 0.25) is 13.0 Å². The van der Waals surface area contributed by atoms with E-state index in [0.717, 1.165) is 32.8 Å². The Kier molecular flexibility index (Phi) is 4.32. The maximum atomic E-state index is 11.3. The third-order valence-electron chi connectivity index (χ3n) is 5.82. The molecule has 0 unspecified atom stereocenters. The van der Waals surface area contributed by atoms with E-state index in [1.54, 1.807) is 12.1 Å². The van der Waals surface area contributed by atoms with Gasteiger partial charge in [-0.25, -0.2) is 5.01 Å². The summed E-state index contributed by atoms with van der Waals surface area (Å²) in [6.45, 7) is 0.212. The first-order valence-corrected chi connectivity index (χ1v) is 10.8. The summed E-state index contributed by atoms with van der Waals surface area (Å²) in [5.41, 5.74) is 3.54. The van der Waals surface area contributed by atoms with Gasteiger partial charge in [0.05, 0.1) is 16.7 Å². The number of fused-ring (bicyclic) bond motifs is 4. The van der Waals surface area contributed by atoms with Gasteiger partial charge >= 0.3 is 0 Å². The maximum Gasteiger partial charge on any atom is 0.269 e. The average molecular weight is 494 g/mol. The Morgan fingerprint density at radius 3 is 2.75 bits per heavy atom. The van der Waals surface area contributed by atoms with Crippen molar-refractivity contribution in [2.24, 2.45) is 5.10 Å². The minimum absolute atomic E-state index is 0.0171. The van der Waals surface area contributed by atoms with E-state index < -0.39 is 11.2 Å². The molecule has 3 aliphatic rings. The predicted octanol–water partition coefficient (Wildman–Crippen LogP) is 5.33. The lowest BCUT2D eigenvalue weighted by Gasteiger charge is -2.38. The number of hydrogen-bond acceptors (Lipinski definition) is 7. The summed E-state index contributed by atoms with van der Waals surface area (Å²) in [6.07, 6.45) is 0.0813. The van der Waals surface area contributed by atoms with Crippen LogP contribution in [0.15, 0.2) is 70.2 Å². The summed E-state index contributed by atoms with van der Waals surface area (Å²) in [7, 11) is 0. The lowest BCUT2D eigenvalue weighted by Crippen LogP contribution is -2.33. The molecule has 0 fully saturated rings. The number of halogens is 1. The smallest absolute Gasteiger partial charge is 0.269 e. The molecule has 0 amide bonds. The number of rotatable bonds is 3. The van der Waals surface area contributed by atoms with Crippen LogP contribution in [0.4, 0.5) is 5.69 Å². The minimum atomic E-state index is -0.583. The van der Waals surface area contributed by atoms with Crippen LogP contribution in [0, 0.1) is 10.1 Å². The molecule has 0 saturated heterocycles. The molecular formula is C23H16BrN3O5. The number of ether oxygens (including phenoxy) is 3. The minimum Gasteiger partial charge on any atom is -0.464 e. The van der Waals surface area contributed by atoms with Gasteiger partial charge in [0.25, 0.3) is 5.69 Å². The van der Waals surface area contributed by atoms with Crippen LogP contribution in [0.2, 0.25) is 0 Å². The van der Waals surface area contributed by atoms with Gasteiger partial charge in [-0.2, -0.15) is 5.10 Å². The fourth-order valence-corrected chi connectivity index (χ4v) is 4.70. The van der Waals surface area contributed by atoms with Gasteiger partial charge in [0.1, 0.15) is 5.75 Å². The summed E-state index contributed by atoms with van der Waals surface area (Å²) in [5, 5.41) is 18.1. The van der Waals surface area contributed by atoms with Crippen molar-refractivity contribution in [1.82, 2.24) is 5.01 Å². The van der Waals surface area contributed by atoms with Crippen molar-refractivity contribution in [1.29, 1.82) is 0 Å². The van der Waals surface area contributed by atoms with E-state index in [-0.39, 0.29) is 18.5 Å². The molecule has 160 valence electrons. The molecule has 3 aliphatic heterocycles. The molecule has 6 rings (SSSR count). The first-order chi connectivity index (χ1) is 15.6. The van der Waals surface area contributed by atoms with Crippen molar-refractivity contribution in [3.05, 3.63) is 91.9 Å². The molecule has 3 aromatic rings. The number of nitro groups is 1. The molecule has 32 heavy (non-hydrogen) atoms. The number of nitro benzene ring substituents is 1. The van der Waals surface area contributed by atoms with E-state index >= 15 is 0 Å². The summed E-state index contributed by atoms with van der Waals surface area (Å²) in [4.78, 5) is 10.9. The topological polar surface area (TPSA) is 86.4 Å². The Labute approximate surface area is 191 Å². The fraction of sp³-hybridized carbons (Fsp3) is 0.174. The van der Waals surface area contributed by atoms with Gasteiger partial charge < -0.3 is 14.2 Å². The first kappa shape index (κ1) is 19.1. The number of non-ortho nitro benzene ring substituents is 1. The third-order valence-corrected chi connectivity index (χ3v) is 6.32. The highest BCUT2D eigenvalue weighted by Crippen LogP contribution is 2.48. The number of benzene rings is 3. The highest BCUT2D eigenvalue weighted by molar-refractivity contribution is 9.10. The van der Waals surface area contributed by atoms with Gasteiger partial charge in [-0.05, 0) is 36.4 Å². The molecule has 0 spiro atoms. The molecule has 9 heteroatoms.